The summed E-state index contributed by atoms with van der Waals surface area (Å²) in [6, 6.07) is 96.2. The SMILES string of the molecule is N#Cc1c(-n2c3ccccc3c3ncccc32)c(-n2c3ccccc3c3cc(OCCc4cccc5c4oc4ccccc45)ccc32)c(-n2c3c(c4ccccc42)N=CCC=C3)c(-n2c3ccccc3c3cc(OCCc4cccc5c4oc4ccccc45)ccc32)c1-n1c2ccccc2c2ncccc21. The van der Waals surface area contributed by atoms with Crippen molar-refractivity contribution in [3.63, 3.8) is 0 Å². The van der Waals surface area contributed by atoms with E-state index in [2.05, 4.69) is 272 Å². The molecule has 0 radical (unpaired) electrons. The van der Waals surface area contributed by atoms with Crippen LogP contribution in [0.15, 0.2) is 299 Å². The van der Waals surface area contributed by atoms with Gasteiger partial charge in [0.15, 0.2) is 0 Å². The Bertz CT molecular complexity index is 6940. The third-order valence-corrected chi connectivity index (χ3v) is 21.6. The predicted molar refractivity (Wildman–Crippen MR) is 429 cm³/mol. The fourth-order valence-corrected chi connectivity index (χ4v) is 17.2. The Kier molecular flexibility index (Phi) is 13.1. The molecule has 0 aliphatic carbocycles. The van der Waals surface area contributed by atoms with Gasteiger partial charge in [0, 0.05) is 97.1 Å². The molecule has 1 aliphatic heterocycles. The van der Waals surface area contributed by atoms with E-state index in [1.165, 1.54) is 0 Å². The minimum absolute atomic E-state index is 0.401. The van der Waals surface area contributed by atoms with Gasteiger partial charge in [-0.2, -0.15) is 5.26 Å². The summed E-state index contributed by atoms with van der Waals surface area (Å²) in [6.07, 6.45) is 12.0. The third kappa shape index (κ3) is 8.73. The lowest BCUT2D eigenvalue weighted by molar-refractivity contribution is 0.322. The molecule has 13 nitrogen and oxygen atoms in total. The van der Waals surface area contributed by atoms with E-state index < -0.39 is 0 Å². The van der Waals surface area contributed by atoms with Gasteiger partial charge in [-0.25, -0.2) is 0 Å². The second kappa shape index (κ2) is 23.4. The monoisotopic (exact) mass is 1370 g/mol. The van der Waals surface area contributed by atoms with Gasteiger partial charge in [-0.1, -0.05) is 170 Å². The Labute approximate surface area is 604 Å². The maximum Gasteiger partial charge on any atom is 0.138 e. The molecule has 0 amide bonds. The Hall–Kier alpha value is -14.2. The van der Waals surface area contributed by atoms with Crippen LogP contribution in [0.3, 0.4) is 0 Å². The Morgan fingerprint density at radius 3 is 1.25 bits per heavy atom. The molecule has 1 aliphatic rings. The number of para-hydroxylation sites is 9. The summed E-state index contributed by atoms with van der Waals surface area (Å²) in [5.74, 6) is 1.44. The molecule has 0 saturated carbocycles. The number of hydrogen-bond donors (Lipinski definition) is 0. The number of rotatable bonds is 13. The van der Waals surface area contributed by atoms with Crippen LogP contribution in [0.5, 0.6) is 11.5 Å². The van der Waals surface area contributed by atoms with Crippen LogP contribution in [-0.2, 0) is 12.8 Å². The summed E-state index contributed by atoms with van der Waals surface area (Å²) in [5.41, 5.74) is 20.8. The van der Waals surface area contributed by atoms with Gasteiger partial charge in [0.1, 0.15) is 45.5 Å². The quantitative estimate of drug-likeness (QED) is 0.112. The van der Waals surface area contributed by atoms with Crippen molar-refractivity contribution in [3.8, 4) is 46.0 Å². The molecule has 10 heterocycles. The predicted octanol–water partition coefficient (Wildman–Crippen LogP) is 22.8. The number of nitrogens with zero attached hydrogens (tertiary/aromatic N) is 9. The number of hydrogen-bond acceptors (Lipinski definition) is 8. The fourth-order valence-electron chi connectivity index (χ4n) is 17.2. The van der Waals surface area contributed by atoms with Crippen molar-refractivity contribution in [1.29, 1.82) is 5.26 Å². The first-order chi connectivity index (χ1) is 52.6. The molecule has 500 valence electrons. The van der Waals surface area contributed by atoms with E-state index in [9.17, 15) is 5.26 Å². The fraction of sp³-hybridized carbons (Fsp3) is 0.0538. The molecule has 0 bridgehead atoms. The average Bonchev–Trinajstić information content (AvgIpc) is 1.48. The van der Waals surface area contributed by atoms with Crippen molar-refractivity contribution in [1.82, 2.24) is 32.8 Å². The topological polar surface area (TPSA) is 131 Å². The van der Waals surface area contributed by atoms with Crippen LogP contribution >= 0.6 is 0 Å². The lowest BCUT2D eigenvalue weighted by atomic mass is 10.0. The van der Waals surface area contributed by atoms with E-state index in [0.717, 1.165) is 193 Å². The van der Waals surface area contributed by atoms with Gasteiger partial charge < -0.3 is 41.1 Å². The maximum absolute atomic E-state index is 13.4. The second-order valence-electron chi connectivity index (χ2n) is 27.3. The van der Waals surface area contributed by atoms with E-state index in [0.29, 0.717) is 49.4 Å². The summed E-state index contributed by atoms with van der Waals surface area (Å²) in [6.45, 7) is 0.805. The third-order valence-electron chi connectivity index (χ3n) is 21.6. The zero-order chi connectivity index (χ0) is 69.7. The molecule has 106 heavy (non-hydrogen) atoms. The number of aromatic nitrogens is 7. The van der Waals surface area contributed by atoms with Crippen molar-refractivity contribution in [2.24, 2.45) is 4.99 Å². The molecule has 22 rings (SSSR count). The summed E-state index contributed by atoms with van der Waals surface area (Å²) in [4.78, 5) is 15.8. The van der Waals surface area contributed by atoms with E-state index in [-0.39, 0.29) is 0 Å². The highest BCUT2D eigenvalue weighted by Crippen LogP contribution is 2.53. The minimum Gasteiger partial charge on any atom is -0.493 e. The number of ether oxygens (including phenoxy) is 2. The van der Waals surface area contributed by atoms with Gasteiger partial charge in [-0.3, -0.25) is 15.0 Å². The van der Waals surface area contributed by atoms with Gasteiger partial charge in [0.25, 0.3) is 0 Å². The van der Waals surface area contributed by atoms with Crippen molar-refractivity contribution >= 4 is 160 Å². The standard InChI is InChI=1S/C93H59N9O4/c94-55-71-87(100-74-34-10-3-27-66(74)85-80(100)38-19-49-96-85)89(98-72-32-8-1-23-60(72)69-53-58(42-44-77(69)98)103-51-46-56-21-17-30-64-62-25-6-13-40-82(62)105-92(56)64)91(102-76-36-12-5-29-68(76)84-79(102)37-15-16-48-95-84)90(88(71)101-75-35-11-4-28-67(75)86-81(101)39-20-50-97-86)99-73-33-9-2-24-61(73)70-54-59(43-45-78(70)99)104-52-47-57-22-18-31-65-63-26-7-14-41-83(63)106-93(57)65/h1-15,17-45,48-50,53-54H,16,46-47,51-52H2. The van der Waals surface area contributed by atoms with Crippen LogP contribution in [-0.4, -0.2) is 52.2 Å². The van der Waals surface area contributed by atoms with E-state index in [1.54, 1.807) is 0 Å². The van der Waals surface area contributed by atoms with E-state index >= 15 is 0 Å². The van der Waals surface area contributed by atoms with Crippen molar-refractivity contribution in [2.75, 3.05) is 13.2 Å². The Morgan fingerprint density at radius 2 is 0.755 bits per heavy atom. The van der Waals surface area contributed by atoms with Crippen LogP contribution in [0.1, 0.15) is 28.8 Å². The second-order valence-corrected chi connectivity index (χ2v) is 27.3. The maximum atomic E-state index is 13.4. The first-order valence-electron chi connectivity index (χ1n) is 35.9. The van der Waals surface area contributed by atoms with Gasteiger partial charge in [-0.15, -0.1) is 0 Å². The lowest BCUT2D eigenvalue weighted by Gasteiger charge is -2.30. The number of aliphatic imine (C=N–C) groups is 1. The number of furan rings is 2. The number of allylic oxidation sites excluding steroid dienone is 1. The van der Waals surface area contributed by atoms with Crippen molar-refractivity contribution < 1.29 is 18.3 Å². The summed E-state index contributed by atoms with van der Waals surface area (Å²) >= 11 is 0. The number of fused-ring (bicyclic) bond motifs is 21. The molecule has 0 spiro atoms. The largest absolute Gasteiger partial charge is 0.493 e. The van der Waals surface area contributed by atoms with Gasteiger partial charge in [0.2, 0.25) is 0 Å². The summed E-state index contributed by atoms with van der Waals surface area (Å²) in [7, 11) is 0. The normalized spacial score (nSPS) is 12.6. The Morgan fingerprint density at radius 1 is 0.358 bits per heavy atom. The molecule has 21 aromatic rings. The van der Waals surface area contributed by atoms with Gasteiger partial charge >= 0.3 is 0 Å². The molecule has 12 aromatic carbocycles. The van der Waals surface area contributed by atoms with Crippen LogP contribution in [0.2, 0.25) is 0 Å². The first kappa shape index (κ1) is 59.5. The lowest BCUT2D eigenvalue weighted by Crippen LogP contribution is -2.19. The van der Waals surface area contributed by atoms with Crippen molar-refractivity contribution in [3.05, 3.63) is 308 Å². The van der Waals surface area contributed by atoms with Gasteiger partial charge in [-0.05, 0) is 120 Å². The smallest absolute Gasteiger partial charge is 0.138 e. The molecular formula is C93H59N9O4. The summed E-state index contributed by atoms with van der Waals surface area (Å²) in [5, 5.41) is 24.5. The zero-order valence-electron chi connectivity index (χ0n) is 57.0. The molecule has 0 atom stereocenters. The summed E-state index contributed by atoms with van der Waals surface area (Å²) < 4.78 is 38.7. The van der Waals surface area contributed by atoms with Crippen LogP contribution in [0, 0.1) is 11.3 Å². The number of nitriles is 1. The highest BCUT2D eigenvalue weighted by molar-refractivity contribution is 6.17. The number of benzene rings is 12. The average molecular weight is 1370 g/mol. The Balaban J connectivity index is 0.874. The molecule has 9 aromatic heterocycles. The molecule has 0 unspecified atom stereocenters. The van der Waals surface area contributed by atoms with Crippen LogP contribution in [0.25, 0.3) is 177 Å². The molecular weight excluding hydrogens is 1310 g/mol. The van der Waals surface area contributed by atoms with E-state index in [1.807, 2.05) is 55.0 Å². The van der Waals surface area contributed by atoms with Gasteiger partial charge in [0.05, 0.1) is 114 Å². The first-order valence-corrected chi connectivity index (χ1v) is 35.9. The minimum atomic E-state index is 0.401. The highest BCUT2D eigenvalue weighted by atomic mass is 16.5. The van der Waals surface area contributed by atoms with E-state index in [4.69, 9.17) is 33.3 Å². The molecule has 13 heteroatoms. The molecule has 0 N–H and O–H groups in total. The van der Waals surface area contributed by atoms with Crippen LogP contribution in [0.4, 0.5) is 5.69 Å². The zero-order valence-corrected chi connectivity index (χ0v) is 57.0. The highest BCUT2D eigenvalue weighted by Gasteiger charge is 2.37. The van der Waals surface area contributed by atoms with Crippen LogP contribution < -0.4 is 9.47 Å². The number of pyridine rings is 2. The van der Waals surface area contributed by atoms with Crippen molar-refractivity contribution in [2.45, 2.75) is 19.3 Å². The molecule has 0 fully saturated rings. The molecule has 0 saturated heterocycles.